The van der Waals surface area contributed by atoms with Crippen LogP contribution in [0.5, 0.6) is 17.2 Å². The Hall–Kier alpha value is -3.10. The first-order valence-corrected chi connectivity index (χ1v) is 14.9. The maximum atomic E-state index is 14.0. The van der Waals surface area contributed by atoms with Crippen LogP contribution in [0.25, 0.3) is 0 Å². The first-order valence-electron chi connectivity index (χ1n) is 14.9. The van der Waals surface area contributed by atoms with Gasteiger partial charge in [0.2, 0.25) is 5.78 Å². The molecule has 0 saturated carbocycles. The Balaban J connectivity index is 0.00000461. The molecule has 4 unspecified atom stereocenters. The third-order valence-electron chi connectivity index (χ3n) is 8.77. The molecule has 2 aromatic rings. The van der Waals surface area contributed by atoms with Crippen molar-refractivity contribution in [3.05, 3.63) is 51.6 Å². The fourth-order valence-corrected chi connectivity index (χ4v) is 6.23. The van der Waals surface area contributed by atoms with Gasteiger partial charge in [-0.1, -0.05) is 31.9 Å². The molecule has 0 amide bonds. The number of nitrogens with two attached hydrogens (primary N) is 1. The molecular formula is C32H40ClNO11. The molecule has 13 heteroatoms. The Morgan fingerprint density at radius 3 is 2.49 bits per heavy atom. The molecule has 6 atom stereocenters. The summed E-state index contributed by atoms with van der Waals surface area (Å²) in [5.74, 6) is -3.30. The number of ether oxygens (including phenoxy) is 4. The highest BCUT2D eigenvalue weighted by molar-refractivity contribution is 6.31. The summed E-state index contributed by atoms with van der Waals surface area (Å²) in [6.07, 6.45) is -1.77. The number of ketones is 3. The zero-order chi connectivity index (χ0) is 31.9. The molecule has 12 nitrogen and oxygen atoms in total. The van der Waals surface area contributed by atoms with Gasteiger partial charge < -0.3 is 45.1 Å². The molecule has 5 rings (SSSR count). The minimum atomic E-state index is -2.02. The van der Waals surface area contributed by atoms with Gasteiger partial charge in [0.25, 0.3) is 0 Å². The Labute approximate surface area is 266 Å². The van der Waals surface area contributed by atoms with E-state index in [0.29, 0.717) is 6.61 Å². The highest BCUT2D eigenvalue weighted by atomic mass is 35.5. The molecule has 0 aromatic heterocycles. The van der Waals surface area contributed by atoms with Crippen LogP contribution < -0.4 is 10.5 Å². The fourth-order valence-electron chi connectivity index (χ4n) is 6.23. The van der Waals surface area contributed by atoms with Crippen molar-refractivity contribution in [1.29, 1.82) is 0 Å². The largest absolute Gasteiger partial charge is 0.507 e. The maximum Gasteiger partial charge on any atom is 0.202 e. The lowest BCUT2D eigenvalue weighted by atomic mass is 9.72. The van der Waals surface area contributed by atoms with Crippen molar-refractivity contribution in [2.24, 2.45) is 5.73 Å². The van der Waals surface area contributed by atoms with Gasteiger partial charge in [-0.2, -0.15) is 0 Å². The Morgan fingerprint density at radius 1 is 1.11 bits per heavy atom. The summed E-state index contributed by atoms with van der Waals surface area (Å²) in [4.78, 5) is 40.4. The summed E-state index contributed by atoms with van der Waals surface area (Å²) in [5, 5.41) is 44.7. The van der Waals surface area contributed by atoms with E-state index in [9.17, 15) is 34.8 Å². The minimum absolute atomic E-state index is 0. The van der Waals surface area contributed by atoms with E-state index in [-0.39, 0.29) is 60.0 Å². The molecule has 3 aliphatic rings. The normalized spacial score (nSPS) is 27.2. The van der Waals surface area contributed by atoms with Crippen molar-refractivity contribution in [3.63, 3.8) is 0 Å². The number of aliphatic hydroxyl groups is 2. The van der Waals surface area contributed by atoms with Gasteiger partial charge >= 0.3 is 0 Å². The van der Waals surface area contributed by atoms with E-state index >= 15 is 0 Å². The van der Waals surface area contributed by atoms with Crippen molar-refractivity contribution >= 4 is 29.8 Å². The standard InChI is InChI=1S/C32H39NO11.ClH/c1-4-5-6-10-41-14-42-20-9-7-8-17-23(20)30(38)26-25(28(17)36)29(37)18-12-32(40,16(3)34)13-21(24(18)31(26)39)44-22-11-19(33)27(35)15(2)43-22;/h7-9,15,19,21-22,27,35,37,39-40H,4-6,10-14,33H2,1-3H3;1H/t15?,19?,21-,22?,27?,32-;/m0./s1. The predicted molar refractivity (Wildman–Crippen MR) is 162 cm³/mol. The van der Waals surface area contributed by atoms with Gasteiger partial charge in [-0.25, -0.2) is 0 Å². The van der Waals surface area contributed by atoms with Crippen molar-refractivity contribution in [2.75, 3.05) is 13.4 Å². The van der Waals surface area contributed by atoms with Crippen LogP contribution in [-0.4, -0.2) is 81.3 Å². The average molecular weight is 650 g/mol. The molecule has 45 heavy (non-hydrogen) atoms. The van der Waals surface area contributed by atoms with Crippen LogP contribution >= 0.6 is 12.4 Å². The lowest BCUT2D eigenvalue weighted by molar-refractivity contribution is -0.247. The molecule has 1 saturated heterocycles. The first-order chi connectivity index (χ1) is 20.9. The number of rotatable bonds is 10. The van der Waals surface area contributed by atoms with Gasteiger partial charge in [0.05, 0.1) is 41.6 Å². The molecule has 1 fully saturated rings. The second-order valence-corrected chi connectivity index (χ2v) is 11.8. The molecule has 1 heterocycles. The number of halogens is 1. The SMILES string of the molecule is CCCCCOCOc1cccc2c1C(=O)c1c(O)c3c(c(O)c1C2=O)C[C@@](O)(C(C)=O)C[C@@H]3OC1CC(N)C(O)C(C)O1.Cl. The van der Waals surface area contributed by atoms with Crippen molar-refractivity contribution in [1.82, 2.24) is 0 Å². The van der Waals surface area contributed by atoms with Gasteiger partial charge in [0.1, 0.15) is 22.8 Å². The molecule has 0 spiro atoms. The molecule has 246 valence electrons. The average Bonchev–Trinajstić information content (AvgIpc) is 2.97. The monoisotopic (exact) mass is 649 g/mol. The molecule has 2 aliphatic carbocycles. The van der Waals surface area contributed by atoms with Gasteiger partial charge in [0, 0.05) is 42.0 Å². The van der Waals surface area contributed by atoms with Crippen LogP contribution in [0.15, 0.2) is 18.2 Å². The van der Waals surface area contributed by atoms with Crippen LogP contribution in [0.4, 0.5) is 0 Å². The Kier molecular flexibility index (Phi) is 10.6. The zero-order valence-corrected chi connectivity index (χ0v) is 26.2. The molecular weight excluding hydrogens is 610 g/mol. The number of benzene rings is 2. The second kappa shape index (κ2) is 13.7. The van der Waals surface area contributed by atoms with Crippen LogP contribution in [0.3, 0.4) is 0 Å². The molecule has 1 aliphatic heterocycles. The predicted octanol–water partition coefficient (Wildman–Crippen LogP) is 2.99. The topological polar surface area (TPSA) is 195 Å². The number of aliphatic hydroxyl groups excluding tert-OH is 1. The van der Waals surface area contributed by atoms with Crippen molar-refractivity contribution in [3.8, 4) is 17.2 Å². The van der Waals surface area contributed by atoms with E-state index in [1.54, 1.807) is 6.92 Å². The van der Waals surface area contributed by atoms with Crippen molar-refractivity contribution < 1.29 is 53.8 Å². The van der Waals surface area contributed by atoms with E-state index in [4.69, 9.17) is 24.7 Å². The number of phenolic OH excluding ortho intramolecular Hbond substituents is 2. The lowest BCUT2D eigenvalue weighted by Gasteiger charge is -2.42. The minimum Gasteiger partial charge on any atom is -0.507 e. The van der Waals surface area contributed by atoms with Crippen LogP contribution in [0.1, 0.15) is 102 Å². The molecule has 6 N–H and O–H groups in total. The number of carbonyl (C=O) groups excluding carboxylic acids is 3. The Morgan fingerprint density at radius 2 is 1.82 bits per heavy atom. The summed E-state index contributed by atoms with van der Waals surface area (Å²) in [5.41, 5.74) is 2.89. The number of hydrogen-bond donors (Lipinski definition) is 5. The quantitative estimate of drug-likeness (QED) is 0.123. The summed E-state index contributed by atoms with van der Waals surface area (Å²) in [7, 11) is 0. The van der Waals surface area contributed by atoms with Crippen LogP contribution in [-0.2, 0) is 25.4 Å². The van der Waals surface area contributed by atoms with Gasteiger partial charge in [-0.3, -0.25) is 14.4 Å². The van der Waals surface area contributed by atoms with Crippen LogP contribution in [0, 0.1) is 0 Å². The maximum absolute atomic E-state index is 14.0. The van der Waals surface area contributed by atoms with Crippen LogP contribution in [0.2, 0.25) is 0 Å². The van der Waals surface area contributed by atoms with E-state index in [1.807, 2.05) is 0 Å². The number of fused-ring (bicyclic) bond motifs is 3. The van der Waals surface area contributed by atoms with Gasteiger partial charge in [-0.05, 0) is 26.3 Å². The zero-order valence-electron chi connectivity index (χ0n) is 25.4. The first kappa shape index (κ1) is 34.8. The summed E-state index contributed by atoms with van der Waals surface area (Å²) < 4.78 is 23.1. The molecule has 2 aromatic carbocycles. The molecule has 0 bridgehead atoms. The fraction of sp³-hybridized carbons (Fsp3) is 0.531. The smallest absolute Gasteiger partial charge is 0.202 e. The lowest BCUT2D eigenvalue weighted by Crippen LogP contribution is -2.52. The number of hydrogen-bond acceptors (Lipinski definition) is 12. The number of Topliss-reactive ketones (excluding diaryl/α,β-unsaturated/α-hetero) is 1. The van der Waals surface area contributed by atoms with E-state index in [1.165, 1.54) is 25.1 Å². The van der Waals surface area contributed by atoms with Gasteiger partial charge in [0.15, 0.2) is 24.6 Å². The number of unbranched alkanes of at least 4 members (excludes halogenated alkanes) is 2. The number of phenols is 2. The highest BCUT2D eigenvalue weighted by Gasteiger charge is 2.49. The molecule has 0 radical (unpaired) electrons. The Bertz CT molecular complexity index is 1470. The number of aromatic hydroxyl groups is 2. The second-order valence-electron chi connectivity index (χ2n) is 11.8. The summed E-state index contributed by atoms with van der Waals surface area (Å²) in [6, 6.07) is 3.76. The summed E-state index contributed by atoms with van der Waals surface area (Å²) >= 11 is 0. The van der Waals surface area contributed by atoms with E-state index in [0.717, 1.165) is 19.3 Å². The summed E-state index contributed by atoms with van der Waals surface area (Å²) in [6.45, 7) is 5.16. The van der Waals surface area contributed by atoms with Gasteiger partial charge in [-0.15, -0.1) is 12.4 Å². The third-order valence-corrected chi connectivity index (χ3v) is 8.77. The van der Waals surface area contributed by atoms with Crippen molar-refractivity contribution in [2.45, 2.75) is 95.5 Å². The third kappa shape index (κ3) is 6.33. The highest BCUT2D eigenvalue weighted by Crippen LogP contribution is 2.52. The van der Waals surface area contributed by atoms with E-state index in [2.05, 4.69) is 6.92 Å². The van der Waals surface area contributed by atoms with E-state index < -0.39 is 82.6 Å². The number of carbonyl (C=O) groups is 3.